The van der Waals surface area contributed by atoms with E-state index in [0.29, 0.717) is 31.2 Å². The number of hydrogen-bond donors (Lipinski definition) is 0. The van der Waals surface area contributed by atoms with E-state index >= 15 is 0 Å². The molecule has 0 atom stereocenters. The van der Waals surface area contributed by atoms with Gasteiger partial charge in [0.05, 0.1) is 26.3 Å². The van der Waals surface area contributed by atoms with Crippen LogP contribution in [0.15, 0.2) is 47.8 Å². The monoisotopic (exact) mass is 391 g/mol. The number of sulfonamides is 1. The highest BCUT2D eigenvalue weighted by Crippen LogP contribution is 2.19. The van der Waals surface area contributed by atoms with Gasteiger partial charge in [-0.25, -0.2) is 18.4 Å². The molecule has 0 aromatic carbocycles. The first-order valence-corrected chi connectivity index (χ1v) is 10.6. The van der Waals surface area contributed by atoms with Crippen molar-refractivity contribution in [2.75, 3.05) is 62.3 Å². The predicted molar refractivity (Wildman–Crippen MR) is 100.0 cm³/mol. The van der Waals surface area contributed by atoms with Gasteiger partial charge in [-0.3, -0.25) is 4.90 Å². The normalized spacial score (nSPS) is 19.3. The zero-order valence-electron chi connectivity index (χ0n) is 15.2. The van der Waals surface area contributed by atoms with Crippen LogP contribution in [0, 0.1) is 0 Å². The molecule has 0 amide bonds. The molecule has 9 heteroatoms. The summed E-state index contributed by atoms with van der Waals surface area (Å²) in [5.74, 6) is 0.942. The highest BCUT2D eigenvalue weighted by molar-refractivity contribution is 7.89. The zero-order chi connectivity index (χ0) is 18.7. The Morgan fingerprint density at radius 2 is 1.52 bits per heavy atom. The quantitative estimate of drug-likeness (QED) is 0.712. The van der Waals surface area contributed by atoms with Gasteiger partial charge >= 0.3 is 0 Å². The van der Waals surface area contributed by atoms with E-state index in [9.17, 15) is 8.42 Å². The number of nitrogens with one attached hydrogen (secondary N) is 2. The third-order valence-corrected chi connectivity index (χ3v) is 6.96. The number of ether oxygens (including phenoxy) is 1. The lowest BCUT2D eigenvalue weighted by atomic mass is 10.2. The van der Waals surface area contributed by atoms with Gasteiger partial charge in [0.25, 0.3) is 5.82 Å². The first kappa shape index (κ1) is 18.1. The standard InChI is InChI=1S/C18H23N5O3S/c24-27(25,23-11-13-26-14-12-23)17-1-2-18(20-15-17)22-9-7-21(8-10-22)16-3-5-19-6-4-16/h1-6,15H,7-14H2/p+2. The average Bonchev–Trinajstić information content (AvgIpc) is 2.75. The number of piperazine rings is 1. The molecule has 144 valence electrons. The minimum Gasteiger partial charge on any atom is -0.379 e. The van der Waals surface area contributed by atoms with E-state index in [4.69, 9.17) is 4.74 Å². The van der Waals surface area contributed by atoms with Crippen LogP contribution in [0.4, 0.5) is 11.5 Å². The molecule has 2 saturated heterocycles. The van der Waals surface area contributed by atoms with E-state index in [0.717, 1.165) is 32.0 Å². The third kappa shape index (κ3) is 3.90. The maximum atomic E-state index is 12.7. The van der Waals surface area contributed by atoms with Crippen LogP contribution in [0.5, 0.6) is 0 Å². The van der Waals surface area contributed by atoms with Crippen molar-refractivity contribution >= 4 is 21.5 Å². The van der Waals surface area contributed by atoms with E-state index in [2.05, 4.69) is 31.9 Å². The van der Waals surface area contributed by atoms with Crippen molar-refractivity contribution in [2.24, 2.45) is 0 Å². The number of anilines is 2. The fourth-order valence-corrected chi connectivity index (χ4v) is 4.87. The Hall–Kier alpha value is -2.23. The van der Waals surface area contributed by atoms with E-state index < -0.39 is 10.0 Å². The topological polar surface area (TPSA) is 81.4 Å². The maximum absolute atomic E-state index is 12.7. The van der Waals surface area contributed by atoms with Crippen molar-refractivity contribution < 1.29 is 23.1 Å². The molecule has 2 fully saturated rings. The first-order valence-electron chi connectivity index (χ1n) is 9.20. The third-order valence-electron chi connectivity index (χ3n) is 5.06. The van der Waals surface area contributed by atoms with Crippen LogP contribution in [-0.2, 0) is 14.8 Å². The minimum atomic E-state index is -3.46. The second kappa shape index (κ2) is 7.79. The zero-order valence-corrected chi connectivity index (χ0v) is 16.0. The van der Waals surface area contributed by atoms with Gasteiger partial charge in [-0.2, -0.15) is 4.31 Å². The molecule has 4 heterocycles. The van der Waals surface area contributed by atoms with Crippen LogP contribution in [0.25, 0.3) is 0 Å². The van der Waals surface area contributed by atoms with Crippen molar-refractivity contribution in [1.29, 1.82) is 0 Å². The molecule has 0 aliphatic carbocycles. The Morgan fingerprint density at radius 3 is 2.15 bits per heavy atom. The highest BCUT2D eigenvalue weighted by Gasteiger charge is 2.29. The molecule has 0 saturated carbocycles. The molecule has 0 spiro atoms. The van der Waals surface area contributed by atoms with Crippen LogP contribution in [0.3, 0.4) is 0 Å². The minimum absolute atomic E-state index is 0.298. The predicted octanol–water partition coefficient (Wildman–Crippen LogP) is -0.338. The molecule has 0 bridgehead atoms. The van der Waals surface area contributed by atoms with Crippen LogP contribution in [-0.4, -0.2) is 65.2 Å². The van der Waals surface area contributed by atoms with Crippen molar-refractivity contribution in [2.45, 2.75) is 4.90 Å². The molecule has 2 aliphatic rings. The van der Waals surface area contributed by atoms with Gasteiger partial charge in [0.15, 0.2) is 12.4 Å². The van der Waals surface area contributed by atoms with Gasteiger partial charge < -0.3 is 9.64 Å². The summed E-state index contributed by atoms with van der Waals surface area (Å²) in [6.07, 6.45) is 5.46. The Bertz CT molecular complexity index is 846. The van der Waals surface area contributed by atoms with Crippen LogP contribution in [0.2, 0.25) is 0 Å². The fourth-order valence-electron chi connectivity index (χ4n) is 3.49. The maximum Gasteiger partial charge on any atom is 0.274 e. The molecule has 2 aliphatic heterocycles. The van der Waals surface area contributed by atoms with Crippen LogP contribution in [0.1, 0.15) is 0 Å². The van der Waals surface area contributed by atoms with E-state index in [-0.39, 0.29) is 0 Å². The van der Waals surface area contributed by atoms with E-state index in [1.54, 1.807) is 12.3 Å². The molecule has 2 aromatic rings. The van der Waals surface area contributed by atoms with Gasteiger partial charge in [-0.15, -0.1) is 0 Å². The van der Waals surface area contributed by atoms with Crippen LogP contribution >= 0.6 is 0 Å². The van der Waals surface area contributed by atoms with Gasteiger partial charge in [-0.05, 0) is 6.07 Å². The lowest BCUT2D eigenvalue weighted by Crippen LogP contribution is -2.48. The second-order valence-electron chi connectivity index (χ2n) is 6.66. The fraction of sp³-hybridized carbons (Fsp3) is 0.444. The van der Waals surface area contributed by atoms with Crippen molar-refractivity contribution in [1.82, 2.24) is 4.31 Å². The lowest BCUT2D eigenvalue weighted by molar-refractivity contribution is -0.377. The van der Waals surface area contributed by atoms with Crippen LogP contribution < -0.4 is 19.8 Å². The Balaban J connectivity index is 1.41. The largest absolute Gasteiger partial charge is 0.379 e. The number of morpholine rings is 1. The summed E-state index contributed by atoms with van der Waals surface area (Å²) in [5, 5.41) is 0. The summed E-state index contributed by atoms with van der Waals surface area (Å²) in [6.45, 7) is 5.31. The molecular weight excluding hydrogens is 366 g/mol. The van der Waals surface area contributed by atoms with E-state index in [1.165, 1.54) is 9.99 Å². The molecule has 4 rings (SSSR count). The second-order valence-corrected chi connectivity index (χ2v) is 8.60. The highest BCUT2D eigenvalue weighted by atomic mass is 32.2. The van der Waals surface area contributed by atoms with Gasteiger partial charge in [-0.1, -0.05) is 0 Å². The molecule has 2 aromatic heterocycles. The molecule has 27 heavy (non-hydrogen) atoms. The number of pyridine rings is 2. The summed E-state index contributed by atoms with van der Waals surface area (Å²) < 4.78 is 32.1. The molecule has 2 N–H and O–H groups in total. The van der Waals surface area contributed by atoms with Gasteiger partial charge in [0.1, 0.15) is 24.2 Å². The molecular formula is C18H25N5O3S+2. The summed E-state index contributed by atoms with van der Waals surface area (Å²) in [6, 6.07) is 7.71. The number of aromatic amines is 2. The number of aromatic nitrogens is 2. The Kier molecular flexibility index (Phi) is 5.24. The molecule has 0 unspecified atom stereocenters. The van der Waals surface area contributed by atoms with Crippen molar-refractivity contribution in [3.63, 3.8) is 0 Å². The lowest BCUT2D eigenvalue weighted by Gasteiger charge is -2.32. The van der Waals surface area contributed by atoms with Gasteiger partial charge in [0.2, 0.25) is 10.0 Å². The van der Waals surface area contributed by atoms with E-state index in [1.807, 2.05) is 18.5 Å². The Morgan fingerprint density at radius 1 is 0.852 bits per heavy atom. The first-order chi connectivity index (χ1) is 13.1. The van der Waals surface area contributed by atoms with Crippen molar-refractivity contribution in [3.05, 3.63) is 42.9 Å². The Labute approximate surface area is 159 Å². The summed E-state index contributed by atoms with van der Waals surface area (Å²) in [7, 11) is -3.46. The van der Waals surface area contributed by atoms with Gasteiger partial charge in [0, 0.05) is 37.0 Å². The SMILES string of the molecule is O=S(=O)(c1ccc(N2CCN(c3cc[nH+]cc3)CC2)[nH+]c1)N1CCOCC1. The average molecular weight is 391 g/mol. The number of hydrogen-bond acceptors (Lipinski definition) is 5. The van der Waals surface area contributed by atoms with Crippen molar-refractivity contribution in [3.8, 4) is 0 Å². The summed E-state index contributed by atoms with van der Waals surface area (Å²) in [5.41, 5.74) is 1.21. The number of nitrogens with zero attached hydrogens (tertiary/aromatic N) is 3. The summed E-state index contributed by atoms with van der Waals surface area (Å²) in [4.78, 5) is 11.1. The number of rotatable bonds is 4. The smallest absolute Gasteiger partial charge is 0.274 e. The number of H-pyrrole nitrogens is 2. The molecule has 8 nitrogen and oxygen atoms in total. The summed E-state index contributed by atoms with van der Waals surface area (Å²) >= 11 is 0. The molecule has 0 radical (unpaired) electrons.